The standard InChI is InChI=1S/C16H26N4O3S/c1-11-15(12(2)20(4)18-11)24(22,23)17-10-16-8-5-6-13(16)19(3)14(21)7-9-16/h13,17H,5-10H2,1-4H3/t13-,16+/m1/s1. The summed E-state index contributed by atoms with van der Waals surface area (Å²) in [4.78, 5) is 14.1. The van der Waals surface area contributed by atoms with Gasteiger partial charge in [-0.3, -0.25) is 9.48 Å². The van der Waals surface area contributed by atoms with Gasteiger partial charge in [0.1, 0.15) is 4.90 Å². The summed E-state index contributed by atoms with van der Waals surface area (Å²) in [6, 6.07) is 0.137. The number of likely N-dealkylation sites (tertiary alicyclic amines) is 1. The Morgan fingerprint density at radius 2 is 2.00 bits per heavy atom. The maximum Gasteiger partial charge on any atom is 0.244 e. The highest BCUT2D eigenvalue weighted by atomic mass is 32.2. The summed E-state index contributed by atoms with van der Waals surface area (Å²) in [5.41, 5.74) is 1.01. The van der Waals surface area contributed by atoms with Crippen LogP contribution in [0.25, 0.3) is 0 Å². The fourth-order valence-corrected chi connectivity index (χ4v) is 6.04. The fourth-order valence-electron chi connectivity index (χ4n) is 4.47. The van der Waals surface area contributed by atoms with Crippen molar-refractivity contribution in [1.29, 1.82) is 0 Å². The number of hydrogen-bond donors (Lipinski definition) is 1. The number of fused-ring (bicyclic) bond motifs is 1. The smallest absolute Gasteiger partial charge is 0.244 e. The number of hydrogen-bond acceptors (Lipinski definition) is 4. The van der Waals surface area contributed by atoms with E-state index in [-0.39, 0.29) is 22.3 Å². The molecule has 0 spiro atoms. The first-order chi connectivity index (χ1) is 11.2. The molecule has 1 amide bonds. The predicted octanol–water partition coefficient (Wildman–Crippen LogP) is 1.11. The molecule has 24 heavy (non-hydrogen) atoms. The quantitative estimate of drug-likeness (QED) is 0.878. The van der Waals surface area contributed by atoms with Crippen molar-refractivity contribution in [2.45, 2.75) is 56.9 Å². The van der Waals surface area contributed by atoms with Crippen molar-refractivity contribution in [3.8, 4) is 0 Å². The third kappa shape index (κ3) is 2.65. The molecule has 1 saturated carbocycles. The number of carbonyl (C=O) groups excluding carboxylic acids is 1. The van der Waals surface area contributed by atoms with Gasteiger partial charge >= 0.3 is 0 Å². The molecular weight excluding hydrogens is 328 g/mol. The average Bonchev–Trinajstić information content (AvgIpc) is 3.04. The van der Waals surface area contributed by atoms with Crippen LogP contribution in [0.3, 0.4) is 0 Å². The third-order valence-corrected chi connectivity index (χ3v) is 7.54. The topological polar surface area (TPSA) is 84.3 Å². The lowest BCUT2D eigenvalue weighted by Crippen LogP contribution is -2.54. The molecule has 2 atom stereocenters. The zero-order valence-electron chi connectivity index (χ0n) is 14.8. The van der Waals surface area contributed by atoms with E-state index < -0.39 is 10.0 Å². The van der Waals surface area contributed by atoms with Crippen LogP contribution in [0, 0.1) is 19.3 Å². The Labute approximate surface area is 143 Å². The summed E-state index contributed by atoms with van der Waals surface area (Å²) < 4.78 is 30.0. The summed E-state index contributed by atoms with van der Waals surface area (Å²) in [5, 5.41) is 4.20. The number of nitrogens with zero attached hydrogens (tertiary/aromatic N) is 3. The van der Waals surface area contributed by atoms with Crippen LogP contribution in [0.1, 0.15) is 43.5 Å². The van der Waals surface area contributed by atoms with Gasteiger partial charge in [0.25, 0.3) is 0 Å². The van der Waals surface area contributed by atoms with Gasteiger partial charge in [0.15, 0.2) is 0 Å². The van der Waals surface area contributed by atoms with E-state index >= 15 is 0 Å². The molecule has 1 aliphatic heterocycles. The lowest BCUT2D eigenvalue weighted by molar-refractivity contribution is -0.139. The summed E-state index contributed by atoms with van der Waals surface area (Å²) in [7, 11) is -0.0236. The molecule has 2 heterocycles. The van der Waals surface area contributed by atoms with Crippen molar-refractivity contribution in [2.75, 3.05) is 13.6 Å². The number of sulfonamides is 1. The second-order valence-corrected chi connectivity index (χ2v) is 8.93. The maximum absolute atomic E-state index is 12.8. The van der Waals surface area contributed by atoms with E-state index in [1.165, 1.54) is 0 Å². The molecule has 0 radical (unpaired) electrons. The molecule has 1 aliphatic carbocycles. The number of amides is 1. The Kier molecular flexibility index (Phi) is 4.24. The van der Waals surface area contributed by atoms with Gasteiger partial charge in [-0.05, 0) is 33.1 Å². The minimum Gasteiger partial charge on any atom is -0.342 e. The second kappa shape index (κ2) is 5.84. The van der Waals surface area contributed by atoms with Crippen LogP contribution >= 0.6 is 0 Å². The number of rotatable bonds is 4. The average molecular weight is 354 g/mol. The largest absolute Gasteiger partial charge is 0.342 e. The van der Waals surface area contributed by atoms with Crippen molar-refractivity contribution < 1.29 is 13.2 Å². The van der Waals surface area contributed by atoms with Crippen molar-refractivity contribution in [3.05, 3.63) is 11.4 Å². The Hall–Kier alpha value is -1.41. The molecule has 0 bridgehead atoms. The van der Waals surface area contributed by atoms with Crippen LogP contribution in [-0.2, 0) is 21.9 Å². The molecule has 1 aromatic rings. The van der Waals surface area contributed by atoms with Crippen molar-refractivity contribution in [1.82, 2.24) is 19.4 Å². The van der Waals surface area contributed by atoms with Crippen molar-refractivity contribution in [2.24, 2.45) is 12.5 Å². The molecule has 0 unspecified atom stereocenters. The van der Waals surface area contributed by atoms with Gasteiger partial charge in [0.2, 0.25) is 15.9 Å². The van der Waals surface area contributed by atoms with E-state index in [0.29, 0.717) is 24.4 Å². The van der Waals surface area contributed by atoms with Crippen LogP contribution in [0.15, 0.2) is 4.90 Å². The van der Waals surface area contributed by atoms with E-state index in [1.807, 2.05) is 11.9 Å². The zero-order valence-corrected chi connectivity index (χ0v) is 15.6. The van der Waals surface area contributed by atoms with Crippen LogP contribution in [0.5, 0.6) is 0 Å². The third-order valence-electron chi connectivity index (χ3n) is 5.88. The second-order valence-electron chi connectivity index (χ2n) is 7.22. The Morgan fingerprint density at radius 1 is 1.29 bits per heavy atom. The van der Waals surface area contributed by atoms with E-state index in [4.69, 9.17) is 0 Å². The number of aromatic nitrogens is 2. The van der Waals surface area contributed by atoms with Gasteiger partial charge in [-0.1, -0.05) is 6.42 Å². The van der Waals surface area contributed by atoms with E-state index in [1.54, 1.807) is 25.6 Å². The number of piperidine rings is 1. The van der Waals surface area contributed by atoms with Crippen molar-refractivity contribution in [3.63, 3.8) is 0 Å². The van der Waals surface area contributed by atoms with Gasteiger partial charge < -0.3 is 4.90 Å². The van der Waals surface area contributed by atoms with Gasteiger partial charge in [0.05, 0.1) is 11.4 Å². The van der Waals surface area contributed by atoms with Gasteiger partial charge in [-0.2, -0.15) is 5.10 Å². The molecular formula is C16H26N4O3S. The highest BCUT2D eigenvalue weighted by Gasteiger charge is 2.49. The molecule has 3 rings (SSSR count). The Bertz CT molecular complexity index is 771. The Morgan fingerprint density at radius 3 is 2.62 bits per heavy atom. The molecule has 7 nitrogen and oxygen atoms in total. The first-order valence-corrected chi connectivity index (χ1v) is 9.92. The molecule has 2 fully saturated rings. The first-order valence-electron chi connectivity index (χ1n) is 8.43. The fraction of sp³-hybridized carbons (Fsp3) is 0.750. The monoisotopic (exact) mass is 354 g/mol. The Balaban J connectivity index is 1.83. The minimum atomic E-state index is -3.61. The number of carbonyl (C=O) groups is 1. The van der Waals surface area contributed by atoms with Gasteiger partial charge in [-0.25, -0.2) is 13.1 Å². The molecule has 1 aromatic heterocycles. The van der Waals surface area contributed by atoms with Crippen molar-refractivity contribution >= 4 is 15.9 Å². The zero-order chi connectivity index (χ0) is 17.7. The molecule has 1 N–H and O–H groups in total. The molecule has 2 aliphatic rings. The lowest BCUT2D eigenvalue weighted by Gasteiger charge is -2.44. The summed E-state index contributed by atoms with van der Waals surface area (Å²) in [6.45, 7) is 3.86. The van der Waals surface area contributed by atoms with E-state index in [2.05, 4.69) is 9.82 Å². The predicted molar refractivity (Wildman–Crippen MR) is 89.9 cm³/mol. The molecule has 0 aromatic carbocycles. The lowest BCUT2D eigenvalue weighted by atomic mass is 9.75. The van der Waals surface area contributed by atoms with Gasteiger partial charge in [-0.15, -0.1) is 0 Å². The van der Waals surface area contributed by atoms with E-state index in [9.17, 15) is 13.2 Å². The summed E-state index contributed by atoms with van der Waals surface area (Å²) in [6.07, 6.45) is 4.21. The molecule has 1 saturated heterocycles. The maximum atomic E-state index is 12.8. The van der Waals surface area contributed by atoms with Gasteiger partial charge in [0, 0.05) is 38.5 Å². The molecule has 8 heteroatoms. The SMILES string of the molecule is Cc1nn(C)c(C)c1S(=O)(=O)NC[C@@]12CCC[C@H]1N(C)C(=O)CC2. The minimum absolute atomic E-state index is 0.137. The van der Waals surface area contributed by atoms with E-state index in [0.717, 1.165) is 25.7 Å². The number of nitrogens with one attached hydrogen (secondary N) is 1. The van der Waals surface area contributed by atoms with Crippen LogP contribution in [0.2, 0.25) is 0 Å². The number of aryl methyl sites for hydroxylation is 2. The highest BCUT2D eigenvalue weighted by Crippen LogP contribution is 2.47. The summed E-state index contributed by atoms with van der Waals surface area (Å²) >= 11 is 0. The normalized spacial score (nSPS) is 27.6. The first kappa shape index (κ1) is 17.4. The highest BCUT2D eigenvalue weighted by molar-refractivity contribution is 7.89. The summed E-state index contributed by atoms with van der Waals surface area (Å²) in [5.74, 6) is 0.166. The molecule has 134 valence electrons. The van der Waals surface area contributed by atoms with Crippen LogP contribution in [0.4, 0.5) is 0 Å². The van der Waals surface area contributed by atoms with Crippen LogP contribution < -0.4 is 4.72 Å². The van der Waals surface area contributed by atoms with Crippen LogP contribution in [-0.4, -0.2) is 48.6 Å².